The third-order valence-electron chi connectivity index (χ3n) is 3.00. The van der Waals surface area contributed by atoms with E-state index in [0.29, 0.717) is 24.4 Å². The minimum Gasteiger partial charge on any atom is -0.481 e. The van der Waals surface area contributed by atoms with Crippen molar-refractivity contribution in [2.45, 2.75) is 23.2 Å². The van der Waals surface area contributed by atoms with Gasteiger partial charge in [-0.25, -0.2) is 8.42 Å². The number of carboxylic acid groups (broad SMARTS) is 1. The lowest BCUT2D eigenvalue weighted by atomic mass is 10.3. The largest absolute Gasteiger partial charge is 0.481 e. The Morgan fingerprint density at radius 2 is 2.32 bits per heavy atom. The molecule has 0 bridgehead atoms. The van der Waals surface area contributed by atoms with Gasteiger partial charge in [0, 0.05) is 25.1 Å². The number of aliphatic carboxylic acids is 1. The van der Waals surface area contributed by atoms with Gasteiger partial charge in [0.1, 0.15) is 4.21 Å². The SMILES string of the molecule is COC1CCN(S(=O)(=O)c2ccc(CC(=O)O)s2)C1. The van der Waals surface area contributed by atoms with Crippen molar-refractivity contribution in [3.63, 3.8) is 0 Å². The fraction of sp³-hybridized carbons (Fsp3) is 0.545. The first-order valence-corrected chi connectivity index (χ1v) is 8.02. The fourth-order valence-electron chi connectivity index (χ4n) is 1.98. The maximum absolute atomic E-state index is 12.3. The second kappa shape index (κ2) is 5.58. The van der Waals surface area contributed by atoms with E-state index in [2.05, 4.69) is 0 Å². The molecule has 0 amide bonds. The number of carbonyl (C=O) groups is 1. The molecule has 0 spiro atoms. The van der Waals surface area contributed by atoms with Crippen LogP contribution in [0.1, 0.15) is 11.3 Å². The van der Waals surface area contributed by atoms with Crippen LogP contribution in [0.2, 0.25) is 0 Å². The van der Waals surface area contributed by atoms with E-state index in [1.165, 1.54) is 10.4 Å². The standard InChI is InChI=1S/C11H15NO5S2/c1-17-8-4-5-12(7-8)19(15,16)11-3-2-9(18-11)6-10(13)14/h2-3,8H,4-7H2,1H3,(H,13,14). The van der Waals surface area contributed by atoms with Gasteiger partial charge in [-0.05, 0) is 18.6 Å². The van der Waals surface area contributed by atoms with Crippen LogP contribution in [0.15, 0.2) is 16.3 Å². The Labute approximate surface area is 115 Å². The van der Waals surface area contributed by atoms with Crippen molar-refractivity contribution < 1.29 is 23.1 Å². The van der Waals surface area contributed by atoms with Crippen LogP contribution >= 0.6 is 11.3 Å². The summed E-state index contributed by atoms with van der Waals surface area (Å²) >= 11 is 1.01. The number of rotatable bonds is 5. The minimum atomic E-state index is -3.52. The van der Waals surface area contributed by atoms with Crippen LogP contribution in [-0.2, 0) is 26.0 Å². The van der Waals surface area contributed by atoms with Crippen molar-refractivity contribution in [3.8, 4) is 0 Å². The maximum atomic E-state index is 12.3. The number of hydrogen-bond donors (Lipinski definition) is 1. The molecule has 2 heterocycles. The molecule has 1 atom stereocenters. The molecular formula is C11H15NO5S2. The van der Waals surface area contributed by atoms with Crippen molar-refractivity contribution in [2.75, 3.05) is 20.2 Å². The first kappa shape index (κ1) is 14.4. The van der Waals surface area contributed by atoms with Crippen molar-refractivity contribution in [3.05, 3.63) is 17.0 Å². The molecule has 1 aromatic rings. The van der Waals surface area contributed by atoms with Crippen LogP contribution in [0.3, 0.4) is 0 Å². The number of thiophene rings is 1. The fourth-order valence-corrected chi connectivity index (χ4v) is 4.96. The van der Waals surface area contributed by atoms with Gasteiger partial charge < -0.3 is 9.84 Å². The van der Waals surface area contributed by atoms with Crippen LogP contribution < -0.4 is 0 Å². The zero-order valence-electron chi connectivity index (χ0n) is 10.4. The summed E-state index contributed by atoms with van der Waals surface area (Å²) in [7, 11) is -1.95. The van der Waals surface area contributed by atoms with Gasteiger partial charge in [-0.2, -0.15) is 4.31 Å². The van der Waals surface area contributed by atoms with E-state index in [4.69, 9.17) is 9.84 Å². The molecule has 8 heteroatoms. The predicted molar refractivity (Wildman–Crippen MR) is 69.8 cm³/mol. The molecule has 19 heavy (non-hydrogen) atoms. The summed E-state index contributed by atoms with van der Waals surface area (Å²) < 4.78 is 31.4. The van der Waals surface area contributed by atoms with Gasteiger partial charge in [0.25, 0.3) is 10.0 Å². The summed E-state index contributed by atoms with van der Waals surface area (Å²) in [6.07, 6.45) is 0.470. The summed E-state index contributed by atoms with van der Waals surface area (Å²) in [5.74, 6) is -0.966. The molecule has 1 fully saturated rings. The molecule has 0 aromatic carbocycles. The average molecular weight is 305 g/mol. The number of hydrogen-bond acceptors (Lipinski definition) is 5. The van der Waals surface area contributed by atoms with Crippen molar-refractivity contribution in [2.24, 2.45) is 0 Å². The van der Waals surface area contributed by atoms with Gasteiger partial charge in [-0.3, -0.25) is 4.79 Å². The Morgan fingerprint density at radius 1 is 1.58 bits per heavy atom. The highest BCUT2D eigenvalue weighted by Crippen LogP contribution is 2.28. The van der Waals surface area contributed by atoms with Gasteiger partial charge in [0.15, 0.2) is 0 Å². The van der Waals surface area contributed by atoms with Crippen LogP contribution in [0.25, 0.3) is 0 Å². The van der Waals surface area contributed by atoms with Crippen molar-refractivity contribution >= 4 is 27.3 Å². The van der Waals surface area contributed by atoms with E-state index >= 15 is 0 Å². The Hall–Kier alpha value is -0.960. The highest BCUT2D eigenvalue weighted by molar-refractivity contribution is 7.91. The zero-order valence-corrected chi connectivity index (χ0v) is 12.0. The second-order valence-corrected chi connectivity index (χ2v) is 7.63. The molecule has 1 saturated heterocycles. The average Bonchev–Trinajstić information content (AvgIpc) is 2.96. The summed E-state index contributed by atoms with van der Waals surface area (Å²) in [6.45, 7) is 0.790. The molecule has 1 aromatic heterocycles. The molecule has 0 radical (unpaired) electrons. The Balaban J connectivity index is 2.16. The molecule has 0 aliphatic carbocycles. The monoisotopic (exact) mass is 305 g/mol. The van der Waals surface area contributed by atoms with Crippen LogP contribution in [-0.4, -0.2) is 50.1 Å². The normalized spacial score (nSPS) is 20.8. The van der Waals surface area contributed by atoms with E-state index in [1.807, 2.05) is 0 Å². The summed E-state index contributed by atoms with van der Waals surface area (Å²) in [5.41, 5.74) is 0. The Kier molecular flexibility index (Phi) is 4.24. The quantitative estimate of drug-likeness (QED) is 0.869. The summed E-state index contributed by atoms with van der Waals surface area (Å²) in [4.78, 5) is 11.1. The third-order valence-corrected chi connectivity index (χ3v) is 6.42. The van der Waals surface area contributed by atoms with E-state index in [9.17, 15) is 13.2 Å². The second-order valence-electron chi connectivity index (χ2n) is 4.30. The Morgan fingerprint density at radius 3 is 2.89 bits per heavy atom. The molecule has 1 aliphatic rings. The van der Waals surface area contributed by atoms with Crippen LogP contribution in [0.5, 0.6) is 0 Å². The van der Waals surface area contributed by atoms with Gasteiger partial charge in [-0.1, -0.05) is 0 Å². The smallest absolute Gasteiger partial charge is 0.308 e. The number of ether oxygens (including phenoxy) is 1. The molecular weight excluding hydrogens is 290 g/mol. The van der Waals surface area contributed by atoms with Gasteiger partial charge >= 0.3 is 5.97 Å². The number of carboxylic acids is 1. The lowest BCUT2D eigenvalue weighted by molar-refractivity contribution is -0.136. The number of sulfonamides is 1. The number of nitrogens with zero attached hydrogens (tertiary/aromatic N) is 1. The topological polar surface area (TPSA) is 83.9 Å². The lowest BCUT2D eigenvalue weighted by Crippen LogP contribution is -2.29. The van der Waals surface area contributed by atoms with Crippen LogP contribution in [0.4, 0.5) is 0 Å². The molecule has 6 nitrogen and oxygen atoms in total. The van der Waals surface area contributed by atoms with Crippen molar-refractivity contribution in [1.29, 1.82) is 0 Å². The highest BCUT2D eigenvalue weighted by atomic mass is 32.2. The first-order chi connectivity index (χ1) is 8.93. The highest BCUT2D eigenvalue weighted by Gasteiger charge is 2.33. The third kappa shape index (κ3) is 3.14. The maximum Gasteiger partial charge on any atom is 0.308 e. The van der Waals surface area contributed by atoms with E-state index in [1.54, 1.807) is 13.2 Å². The van der Waals surface area contributed by atoms with Crippen molar-refractivity contribution in [1.82, 2.24) is 4.31 Å². The van der Waals surface area contributed by atoms with E-state index in [-0.39, 0.29) is 16.7 Å². The molecule has 1 unspecified atom stereocenters. The molecule has 2 rings (SSSR count). The Bertz CT molecular complexity index is 565. The zero-order chi connectivity index (χ0) is 14.0. The summed E-state index contributed by atoms with van der Waals surface area (Å²) in [5, 5.41) is 8.69. The van der Waals surface area contributed by atoms with Crippen LogP contribution in [0, 0.1) is 0 Å². The molecule has 106 valence electrons. The molecule has 0 saturated carbocycles. The van der Waals surface area contributed by atoms with Gasteiger partial charge in [0.05, 0.1) is 12.5 Å². The summed E-state index contributed by atoms with van der Waals surface area (Å²) in [6, 6.07) is 3.02. The van der Waals surface area contributed by atoms with Gasteiger partial charge in [0.2, 0.25) is 0 Å². The van der Waals surface area contributed by atoms with E-state index < -0.39 is 16.0 Å². The molecule has 1 aliphatic heterocycles. The minimum absolute atomic E-state index is 0.0618. The first-order valence-electron chi connectivity index (χ1n) is 5.77. The van der Waals surface area contributed by atoms with E-state index in [0.717, 1.165) is 11.3 Å². The van der Waals surface area contributed by atoms with Gasteiger partial charge in [-0.15, -0.1) is 11.3 Å². The number of methoxy groups -OCH3 is 1. The molecule has 1 N–H and O–H groups in total. The lowest BCUT2D eigenvalue weighted by Gasteiger charge is -2.14. The predicted octanol–water partition coefficient (Wildman–Crippen LogP) is 0.785.